The molecule has 0 unspecified atom stereocenters. The average Bonchev–Trinajstić information content (AvgIpc) is 2.95. The number of ether oxygens (including phenoxy) is 1. The van der Waals surface area contributed by atoms with Crippen LogP contribution < -0.4 is 10.0 Å². The van der Waals surface area contributed by atoms with Gasteiger partial charge in [0.1, 0.15) is 6.04 Å². The van der Waals surface area contributed by atoms with Crippen molar-refractivity contribution in [3.05, 3.63) is 54.1 Å². The third-order valence-corrected chi connectivity index (χ3v) is 5.23. The van der Waals surface area contributed by atoms with Gasteiger partial charge in [-0.15, -0.1) is 0 Å². The van der Waals surface area contributed by atoms with E-state index in [2.05, 4.69) is 10.0 Å². The van der Waals surface area contributed by atoms with E-state index in [1.165, 1.54) is 17.7 Å². The van der Waals surface area contributed by atoms with Crippen molar-refractivity contribution >= 4 is 27.4 Å². The van der Waals surface area contributed by atoms with Crippen LogP contribution in [0.1, 0.15) is 12.0 Å². The van der Waals surface area contributed by atoms with Gasteiger partial charge in [-0.1, -0.05) is 17.7 Å². The van der Waals surface area contributed by atoms with Gasteiger partial charge < -0.3 is 10.1 Å². The number of rotatable bonds is 5. The van der Waals surface area contributed by atoms with E-state index in [9.17, 15) is 13.2 Å². The number of esters is 1. The highest BCUT2D eigenvalue weighted by molar-refractivity contribution is 7.89. The standard InChI is InChI=1S/C17H18N2O4S/c1-12-2-4-13(5-3-12)18-14-6-8-15(9-7-14)24(21,22)19-16-10-11-23-17(16)20/h2-9,16,18-19H,10-11H2,1H3/t16-/m0/s1. The lowest BCUT2D eigenvalue weighted by atomic mass is 10.2. The number of benzene rings is 2. The van der Waals surface area contributed by atoms with Crippen molar-refractivity contribution < 1.29 is 17.9 Å². The molecular formula is C17H18N2O4S. The fourth-order valence-electron chi connectivity index (χ4n) is 2.38. The summed E-state index contributed by atoms with van der Waals surface area (Å²) in [5, 5.41) is 3.20. The Labute approximate surface area is 140 Å². The molecule has 126 valence electrons. The van der Waals surface area contributed by atoms with E-state index >= 15 is 0 Å². The number of carbonyl (C=O) groups excluding carboxylic acids is 1. The maximum absolute atomic E-state index is 12.3. The number of anilines is 2. The van der Waals surface area contributed by atoms with Crippen LogP contribution in [0, 0.1) is 6.92 Å². The number of carbonyl (C=O) groups is 1. The fraction of sp³-hybridized carbons (Fsp3) is 0.235. The summed E-state index contributed by atoms with van der Waals surface area (Å²) in [6.07, 6.45) is 0.352. The maximum Gasteiger partial charge on any atom is 0.324 e. The third-order valence-electron chi connectivity index (χ3n) is 3.74. The molecule has 2 aromatic rings. The number of hydrogen-bond acceptors (Lipinski definition) is 5. The van der Waals surface area contributed by atoms with Crippen LogP contribution in [0.5, 0.6) is 0 Å². The number of sulfonamides is 1. The van der Waals surface area contributed by atoms with E-state index in [0.717, 1.165) is 11.4 Å². The monoisotopic (exact) mass is 346 g/mol. The van der Waals surface area contributed by atoms with Crippen molar-refractivity contribution in [1.29, 1.82) is 0 Å². The van der Waals surface area contributed by atoms with Crippen molar-refractivity contribution in [2.24, 2.45) is 0 Å². The van der Waals surface area contributed by atoms with Crippen LogP contribution in [0.4, 0.5) is 11.4 Å². The summed E-state index contributed by atoms with van der Waals surface area (Å²) in [6, 6.07) is 13.4. The summed E-state index contributed by atoms with van der Waals surface area (Å²) >= 11 is 0. The zero-order chi connectivity index (χ0) is 17.2. The first-order chi connectivity index (χ1) is 11.4. The van der Waals surface area contributed by atoms with Crippen molar-refractivity contribution in [3.8, 4) is 0 Å². The van der Waals surface area contributed by atoms with Crippen molar-refractivity contribution in [1.82, 2.24) is 4.72 Å². The highest BCUT2D eigenvalue weighted by Gasteiger charge is 2.31. The van der Waals surface area contributed by atoms with E-state index in [-0.39, 0.29) is 11.5 Å². The summed E-state index contributed by atoms with van der Waals surface area (Å²) in [7, 11) is -3.75. The van der Waals surface area contributed by atoms with Crippen LogP contribution in [0.3, 0.4) is 0 Å². The predicted octanol–water partition coefficient (Wildman–Crippen LogP) is 2.33. The molecule has 1 heterocycles. The average molecular weight is 346 g/mol. The molecule has 0 saturated carbocycles. The highest BCUT2D eigenvalue weighted by atomic mass is 32.2. The maximum atomic E-state index is 12.3. The SMILES string of the molecule is Cc1ccc(Nc2ccc(S(=O)(=O)N[C@H]3CCOC3=O)cc2)cc1. The molecule has 0 radical (unpaired) electrons. The number of nitrogens with one attached hydrogen (secondary N) is 2. The van der Waals surface area contributed by atoms with Gasteiger partial charge in [-0.3, -0.25) is 4.79 Å². The smallest absolute Gasteiger partial charge is 0.324 e. The lowest BCUT2D eigenvalue weighted by Crippen LogP contribution is -2.37. The van der Waals surface area contributed by atoms with E-state index in [1.54, 1.807) is 12.1 Å². The van der Waals surface area contributed by atoms with Crippen molar-refractivity contribution in [2.45, 2.75) is 24.3 Å². The predicted molar refractivity (Wildman–Crippen MR) is 90.6 cm³/mol. The van der Waals surface area contributed by atoms with Gasteiger partial charge in [0.15, 0.2) is 0 Å². The molecule has 0 aromatic heterocycles. The van der Waals surface area contributed by atoms with Crippen molar-refractivity contribution in [3.63, 3.8) is 0 Å². The van der Waals surface area contributed by atoms with Gasteiger partial charge >= 0.3 is 5.97 Å². The topological polar surface area (TPSA) is 84.5 Å². The Hall–Kier alpha value is -2.38. The zero-order valence-corrected chi connectivity index (χ0v) is 14.0. The molecule has 1 saturated heterocycles. The van der Waals surface area contributed by atoms with Gasteiger partial charge in [-0.05, 0) is 43.3 Å². The number of cyclic esters (lactones) is 1. The van der Waals surface area contributed by atoms with Crippen LogP contribution in [-0.4, -0.2) is 27.0 Å². The Bertz CT molecular complexity index is 830. The van der Waals surface area contributed by atoms with Crippen LogP contribution in [-0.2, 0) is 19.6 Å². The lowest BCUT2D eigenvalue weighted by molar-refractivity contribution is -0.139. The summed E-state index contributed by atoms with van der Waals surface area (Å²) in [5.41, 5.74) is 2.86. The van der Waals surface area contributed by atoms with E-state index < -0.39 is 22.0 Å². The van der Waals surface area contributed by atoms with Crippen LogP contribution in [0.15, 0.2) is 53.4 Å². The molecule has 24 heavy (non-hydrogen) atoms. The molecular weight excluding hydrogens is 328 g/mol. The van der Waals surface area contributed by atoms with Crippen molar-refractivity contribution in [2.75, 3.05) is 11.9 Å². The lowest BCUT2D eigenvalue weighted by Gasteiger charge is -2.11. The minimum absolute atomic E-state index is 0.108. The highest BCUT2D eigenvalue weighted by Crippen LogP contribution is 2.20. The third kappa shape index (κ3) is 3.74. The molecule has 6 nitrogen and oxygen atoms in total. The first-order valence-corrected chi connectivity index (χ1v) is 9.05. The van der Waals surface area contributed by atoms with Gasteiger partial charge in [0.05, 0.1) is 11.5 Å². The quantitative estimate of drug-likeness (QED) is 0.812. The molecule has 0 bridgehead atoms. The second-order valence-electron chi connectivity index (χ2n) is 5.65. The molecule has 3 rings (SSSR count). The summed E-state index contributed by atoms with van der Waals surface area (Å²) in [5.74, 6) is -0.531. The van der Waals surface area contributed by atoms with E-state index in [1.807, 2.05) is 31.2 Å². The van der Waals surface area contributed by atoms with Gasteiger partial charge in [-0.2, -0.15) is 4.72 Å². The Morgan fingerprint density at radius 3 is 2.12 bits per heavy atom. The molecule has 1 aliphatic heterocycles. The molecule has 0 amide bonds. The minimum Gasteiger partial charge on any atom is -0.464 e. The van der Waals surface area contributed by atoms with E-state index in [0.29, 0.717) is 6.42 Å². The second-order valence-corrected chi connectivity index (χ2v) is 7.36. The summed E-state index contributed by atoms with van der Waals surface area (Å²) < 4.78 is 31.7. The largest absolute Gasteiger partial charge is 0.464 e. The molecule has 0 spiro atoms. The zero-order valence-electron chi connectivity index (χ0n) is 13.2. The van der Waals surface area contributed by atoms with Gasteiger partial charge in [-0.25, -0.2) is 8.42 Å². The molecule has 2 N–H and O–H groups in total. The molecule has 0 aliphatic carbocycles. The Morgan fingerprint density at radius 2 is 1.58 bits per heavy atom. The first kappa shape index (κ1) is 16.5. The molecule has 1 atom stereocenters. The molecule has 1 fully saturated rings. The Kier molecular flexibility index (Phi) is 4.55. The molecule has 7 heteroatoms. The van der Waals surface area contributed by atoms with Crippen LogP contribution in [0.25, 0.3) is 0 Å². The fourth-order valence-corrected chi connectivity index (χ4v) is 3.60. The van der Waals surface area contributed by atoms with Crippen LogP contribution >= 0.6 is 0 Å². The molecule has 1 aliphatic rings. The molecule has 2 aromatic carbocycles. The minimum atomic E-state index is -3.75. The first-order valence-electron chi connectivity index (χ1n) is 7.57. The summed E-state index contributed by atoms with van der Waals surface area (Å²) in [6.45, 7) is 2.25. The number of hydrogen-bond donors (Lipinski definition) is 2. The second kappa shape index (κ2) is 6.62. The summed E-state index contributed by atoms with van der Waals surface area (Å²) in [4.78, 5) is 11.5. The van der Waals surface area contributed by atoms with Crippen LogP contribution in [0.2, 0.25) is 0 Å². The van der Waals surface area contributed by atoms with Gasteiger partial charge in [0.2, 0.25) is 10.0 Å². The number of aryl methyl sites for hydroxylation is 1. The Balaban J connectivity index is 1.71. The van der Waals surface area contributed by atoms with E-state index in [4.69, 9.17) is 4.74 Å². The van der Waals surface area contributed by atoms with Gasteiger partial charge in [0.25, 0.3) is 0 Å². The Morgan fingerprint density at radius 1 is 1.00 bits per heavy atom. The van der Waals surface area contributed by atoms with Gasteiger partial charge in [0, 0.05) is 17.8 Å². The normalized spacial score (nSPS) is 17.5.